The minimum atomic E-state index is -0.274. The highest BCUT2D eigenvalue weighted by molar-refractivity contribution is 7.97. The maximum Gasteiger partial charge on any atom is 0.339 e. The minimum Gasteiger partial charge on any atom is -0.465 e. The van der Waals surface area contributed by atoms with Crippen LogP contribution in [0.15, 0.2) is 29.2 Å². The van der Waals surface area contributed by atoms with Gasteiger partial charge in [0.2, 0.25) is 0 Å². The van der Waals surface area contributed by atoms with E-state index in [-0.39, 0.29) is 5.97 Å². The molecule has 1 aromatic rings. The van der Waals surface area contributed by atoms with Gasteiger partial charge in [0.05, 0.1) is 12.7 Å². The number of benzene rings is 1. The molecule has 0 amide bonds. The summed E-state index contributed by atoms with van der Waals surface area (Å²) in [6, 6.07) is 8.12. The molecule has 0 aliphatic heterocycles. The van der Waals surface area contributed by atoms with Gasteiger partial charge in [-0.1, -0.05) is 31.4 Å². The Hall–Kier alpha value is -1.00. The topological polar surface area (TPSA) is 38.3 Å². The highest BCUT2D eigenvalue weighted by Crippen LogP contribution is 2.25. The fourth-order valence-electron chi connectivity index (χ4n) is 2.20. The van der Waals surface area contributed by atoms with Crippen LogP contribution in [0.5, 0.6) is 0 Å². The van der Waals surface area contributed by atoms with Gasteiger partial charge in [-0.15, -0.1) is 0 Å². The first-order chi connectivity index (χ1) is 8.81. The van der Waals surface area contributed by atoms with Crippen molar-refractivity contribution in [3.05, 3.63) is 29.8 Å². The number of hydrogen-bond donors (Lipinski definition) is 1. The van der Waals surface area contributed by atoms with Crippen LogP contribution in [0.2, 0.25) is 0 Å². The smallest absolute Gasteiger partial charge is 0.339 e. The molecule has 0 unspecified atom stereocenters. The summed E-state index contributed by atoms with van der Waals surface area (Å²) < 4.78 is 8.25. The Balaban J connectivity index is 1.97. The van der Waals surface area contributed by atoms with E-state index in [0.717, 1.165) is 4.90 Å². The summed E-state index contributed by atoms with van der Waals surface area (Å²) in [5.74, 6) is -0.274. The molecule has 0 saturated heterocycles. The van der Waals surface area contributed by atoms with Crippen molar-refractivity contribution in [3.63, 3.8) is 0 Å². The molecule has 1 fully saturated rings. The van der Waals surface area contributed by atoms with Gasteiger partial charge in [0, 0.05) is 10.9 Å². The van der Waals surface area contributed by atoms with Crippen LogP contribution in [0.25, 0.3) is 0 Å². The second-order valence-corrected chi connectivity index (χ2v) is 5.42. The third-order valence-electron chi connectivity index (χ3n) is 3.23. The molecular weight excluding hydrogens is 246 g/mol. The van der Waals surface area contributed by atoms with Crippen molar-refractivity contribution in [1.82, 2.24) is 4.72 Å². The van der Waals surface area contributed by atoms with Gasteiger partial charge in [-0.05, 0) is 36.9 Å². The van der Waals surface area contributed by atoms with Crippen LogP contribution in [-0.4, -0.2) is 19.1 Å². The average molecular weight is 265 g/mol. The van der Waals surface area contributed by atoms with Gasteiger partial charge in [-0.25, -0.2) is 4.79 Å². The Labute approximate surface area is 112 Å². The summed E-state index contributed by atoms with van der Waals surface area (Å²) in [4.78, 5) is 12.6. The number of nitrogens with one attached hydrogen (secondary N) is 1. The van der Waals surface area contributed by atoms with Gasteiger partial charge in [0.25, 0.3) is 0 Å². The van der Waals surface area contributed by atoms with Gasteiger partial charge in [-0.2, -0.15) is 0 Å². The van der Waals surface area contributed by atoms with Gasteiger partial charge >= 0.3 is 5.97 Å². The lowest BCUT2D eigenvalue weighted by atomic mass is 9.96. The first-order valence-corrected chi connectivity index (χ1v) is 7.22. The predicted octanol–water partition coefficient (Wildman–Crippen LogP) is 3.40. The molecule has 0 atom stereocenters. The second kappa shape index (κ2) is 6.81. The lowest BCUT2D eigenvalue weighted by molar-refractivity contribution is 0.0597. The summed E-state index contributed by atoms with van der Waals surface area (Å²) in [5.41, 5.74) is 0.633. The number of carbonyl (C=O) groups excluding carboxylic acids is 1. The van der Waals surface area contributed by atoms with Gasteiger partial charge in [0.1, 0.15) is 0 Å². The minimum absolute atomic E-state index is 0.274. The van der Waals surface area contributed by atoms with Crippen molar-refractivity contribution in [2.75, 3.05) is 7.11 Å². The molecule has 1 N–H and O–H groups in total. The van der Waals surface area contributed by atoms with E-state index >= 15 is 0 Å². The molecule has 1 aliphatic rings. The zero-order chi connectivity index (χ0) is 12.8. The van der Waals surface area contributed by atoms with Crippen molar-refractivity contribution in [2.24, 2.45) is 0 Å². The first kappa shape index (κ1) is 13.4. The van der Waals surface area contributed by atoms with Crippen molar-refractivity contribution in [2.45, 2.75) is 43.0 Å². The molecule has 98 valence electrons. The van der Waals surface area contributed by atoms with Crippen LogP contribution in [0.1, 0.15) is 42.5 Å². The molecule has 0 aromatic heterocycles. The van der Waals surface area contributed by atoms with Crippen molar-refractivity contribution in [1.29, 1.82) is 0 Å². The fourth-order valence-corrected chi connectivity index (χ4v) is 3.14. The predicted molar refractivity (Wildman–Crippen MR) is 73.6 cm³/mol. The second-order valence-electron chi connectivity index (χ2n) is 4.54. The maximum atomic E-state index is 11.6. The molecule has 1 aromatic carbocycles. The van der Waals surface area contributed by atoms with E-state index in [4.69, 9.17) is 4.74 Å². The lowest BCUT2D eigenvalue weighted by Crippen LogP contribution is -2.25. The molecule has 0 bridgehead atoms. The molecule has 0 spiro atoms. The molecule has 2 rings (SSSR count). The van der Waals surface area contributed by atoms with Crippen LogP contribution in [0.3, 0.4) is 0 Å². The normalized spacial score (nSPS) is 16.5. The van der Waals surface area contributed by atoms with Crippen LogP contribution in [0.4, 0.5) is 0 Å². The lowest BCUT2D eigenvalue weighted by Gasteiger charge is -2.22. The number of esters is 1. The van der Waals surface area contributed by atoms with E-state index in [1.54, 1.807) is 18.0 Å². The number of methoxy groups -OCH3 is 1. The van der Waals surface area contributed by atoms with Gasteiger partial charge in [-0.3, -0.25) is 4.72 Å². The Morgan fingerprint density at radius 1 is 1.28 bits per heavy atom. The molecule has 4 heteroatoms. The zero-order valence-corrected chi connectivity index (χ0v) is 11.5. The third kappa shape index (κ3) is 3.50. The zero-order valence-electron chi connectivity index (χ0n) is 10.6. The first-order valence-electron chi connectivity index (χ1n) is 6.41. The van der Waals surface area contributed by atoms with E-state index in [0.29, 0.717) is 11.6 Å². The van der Waals surface area contributed by atoms with Crippen molar-refractivity contribution in [3.8, 4) is 0 Å². The van der Waals surface area contributed by atoms with E-state index < -0.39 is 0 Å². The summed E-state index contributed by atoms with van der Waals surface area (Å²) in [5, 5.41) is 0. The summed E-state index contributed by atoms with van der Waals surface area (Å²) >= 11 is 1.55. The summed E-state index contributed by atoms with van der Waals surface area (Å²) in [6.07, 6.45) is 6.41. The van der Waals surface area contributed by atoms with E-state index in [9.17, 15) is 4.79 Å². The highest BCUT2D eigenvalue weighted by Gasteiger charge is 2.15. The van der Waals surface area contributed by atoms with Crippen LogP contribution < -0.4 is 4.72 Å². The molecule has 18 heavy (non-hydrogen) atoms. The number of hydrogen-bond acceptors (Lipinski definition) is 4. The van der Waals surface area contributed by atoms with E-state index in [1.807, 2.05) is 18.2 Å². The number of ether oxygens (including phenoxy) is 1. The van der Waals surface area contributed by atoms with E-state index in [1.165, 1.54) is 39.2 Å². The standard InChI is InChI=1S/C14H19NO2S/c1-17-14(16)12-9-5-6-10-13(12)18-15-11-7-3-2-4-8-11/h5-6,9-11,15H,2-4,7-8H2,1H3. The third-order valence-corrected chi connectivity index (χ3v) is 4.26. The van der Waals surface area contributed by atoms with Crippen molar-refractivity contribution < 1.29 is 9.53 Å². The Morgan fingerprint density at radius 3 is 2.72 bits per heavy atom. The maximum absolute atomic E-state index is 11.6. The Bertz CT molecular complexity index is 403. The monoisotopic (exact) mass is 265 g/mol. The van der Waals surface area contributed by atoms with Gasteiger partial charge in [0.15, 0.2) is 0 Å². The molecule has 1 saturated carbocycles. The van der Waals surface area contributed by atoms with Crippen molar-refractivity contribution >= 4 is 17.9 Å². The summed E-state index contributed by atoms with van der Waals surface area (Å²) in [7, 11) is 1.42. The molecule has 1 aliphatic carbocycles. The molecule has 0 heterocycles. The van der Waals surface area contributed by atoms with Crippen LogP contribution in [-0.2, 0) is 4.74 Å². The Morgan fingerprint density at radius 2 is 2.00 bits per heavy atom. The van der Waals surface area contributed by atoms with Gasteiger partial charge < -0.3 is 4.74 Å². The number of carbonyl (C=O) groups is 1. The van der Waals surface area contributed by atoms with E-state index in [2.05, 4.69) is 4.72 Å². The molecule has 3 nitrogen and oxygen atoms in total. The molecular formula is C14H19NO2S. The van der Waals surface area contributed by atoms with Crippen LogP contribution >= 0.6 is 11.9 Å². The highest BCUT2D eigenvalue weighted by atomic mass is 32.2. The summed E-state index contributed by atoms with van der Waals surface area (Å²) in [6.45, 7) is 0. The largest absolute Gasteiger partial charge is 0.465 e. The fraction of sp³-hybridized carbons (Fsp3) is 0.500. The Kier molecular flexibility index (Phi) is 5.08. The quantitative estimate of drug-likeness (QED) is 0.669. The average Bonchev–Trinajstić information content (AvgIpc) is 2.45. The molecule has 0 radical (unpaired) electrons. The SMILES string of the molecule is COC(=O)c1ccccc1SNC1CCCCC1. The van der Waals surface area contributed by atoms with Crippen LogP contribution in [0, 0.1) is 0 Å². The number of rotatable bonds is 4.